The average molecular weight is 313 g/mol. The molecule has 0 amide bonds. The molecule has 0 aliphatic carbocycles. The molecule has 4 aliphatic rings. The number of hydroxylamine groups is 1. The molecule has 0 radical (unpaired) electrons. The Morgan fingerprint density at radius 2 is 1.95 bits per heavy atom. The molecule has 7 nitrogen and oxygen atoms in total. The summed E-state index contributed by atoms with van der Waals surface area (Å²) in [6, 6.07) is 0.589. The third-order valence-corrected chi connectivity index (χ3v) is 5.80. The average Bonchev–Trinajstić information content (AvgIpc) is 3.27. The minimum Gasteiger partial charge on any atom is -0.379 e. The summed E-state index contributed by atoms with van der Waals surface area (Å²) in [6.07, 6.45) is 6.28. The molecule has 4 aliphatic heterocycles. The molecule has 7 heteroatoms. The van der Waals surface area contributed by atoms with E-state index >= 15 is 0 Å². The standard InChI is InChI=1S/C15H29N5O2/c1-2-12(16-5-1)15-18-14(19-22-15)11-3-4-13(17-10-11)20-6-8-21-9-7-20/h11-19H,1-10H2/p+2. The van der Waals surface area contributed by atoms with Crippen molar-refractivity contribution in [3.8, 4) is 0 Å². The van der Waals surface area contributed by atoms with Gasteiger partial charge in [0.05, 0.1) is 32.5 Å². The molecule has 0 spiro atoms. The molecule has 22 heavy (non-hydrogen) atoms. The Balaban J connectivity index is 1.23. The zero-order valence-electron chi connectivity index (χ0n) is 13.4. The van der Waals surface area contributed by atoms with Crippen LogP contribution in [0.4, 0.5) is 0 Å². The van der Waals surface area contributed by atoms with E-state index in [2.05, 4.69) is 26.3 Å². The minimum atomic E-state index is 0.185. The lowest BCUT2D eigenvalue weighted by atomic mass is 9.94. The monoisotopic (exact) mass is 313 g/mol. The van der Waals surface area contributed by atoms with Crippen LogP contribution in [0.1, 0.15) is 25.7 Å². The second kappa shape index (κ2) is 7.09. The van der Waals surface area contributed by atoms with Gasteiger partial charge in [-0.2, -0.15) is 5.48 Å². The smallest absolute Gasteiger partial charge is 0.183 e. The molecule has 0 aromatic carbocycles. The van der Waals surface area contributed by atoms with Gasteiger partial charge >= 0.3 is 0 Å². The van der Waals surface area contributed by atoms with E-state index in [4.69, 9.17) is 9.57 Å². The molecular weight excluding hydrogens is 282 g/mol. The summed E-state index contributed by atoms with van der Waals surface area (Å²) < 4.78 is 5.46. The number of nitrogens with one attached hydrogen (secondary N) is 2. The van der Waals surface area contributed by atoms with Gasteiger partial charge < -0.3 is 15.4 Å². The Kier molecular flexibility index (Phi) is 4.92. The van der Waals surface area contributed by atoms with Crippen molar-refractivity contribution in [3.05, 3.63) is 0 Å². The van der Waals surface area contributed by atoms with Gasteiger partial charge in [-0.3, -0.25) is 10.2 Å². The van der Waals surface area contributed by atoms with Gasteiger partial charge in [-0.05, 0) is 6.42 Å². The maximum atomic E-state index is 5.81. The highest BCUT2D eigenvalue weighted by molar-refractivity contribution is 4.83. The van der Waals surface area contributed by atoms with Gasteiger partial charge in [-0.15, -0.1) is 0 Å². The summed E-state index contributed by atoms with van der Waals surface area (Å²) in [4.78, 5) is 8.40. The number of nitrogens with zero attached hydrogens (tertiary/aromatic N) is 1. The number of morpholine rings is 1. The van der Waals surface area contributed by atoms with E-state index in [0.717, 1.165) is 26.3 Å². The molecule has 5 unspecified atom stereocenters. The maximum Gasteiger partial charge on any atom is 0.183 e. The van der Waals surface area contributed by atoms with Crippen molar-refractivity contribution in [2.24, 2.45) is 5.92 Å². The molecule has 0 aromatic heterocycles. The molecule has 126 valence electrons. The third-order valence-electron chi connectivity index (χ3n) is 5.80. The summed E-state index contributed by atoms with van der Waals surface area (Å²) in [5.74, 6) is 0.656. The number of hydrogen-bond donors (Lipinski definition) is 4. The van der Waals surface area contributed by atoms with Gasteiger partial charge in [0, 0.05) is 38.3 Å². The van der Waals surface area contributed by atoms with Crippen molar-refractivity contribution in [1.82, 2.24) is 15.7 Å². The number of rotatable bonds is 3. The van der Waals surface area contributed by atoms with Gasteiger partial charge in [0.15, 0.2) is 6.23 Å². The predicted molar refractivity (Wildman–Crippen MR) is 80.4 cm³/mol. The van der Waals surface area contributed by atoms with Crippen molar-refractivity contribution >= 4 is 0 Å². The lowest BCUT2D eigenvalue weighted by Gasteiger charge is -2.37. The molecule has 5 atom stereocenters. The van der Waals surface area contributed by atoms with E-state index in [1.54, 1.807) is 0 Å². The Bertz CT molecular complexity index is 352. The highest BCUT2D eigenvalue weighted by Gasteiger charge is 2.41. The molecule has 6 N–H and O–H groups in total. The quantitative estimate of drug-likeness (QED) is 0.450. The molecule has 4 saturated heterocycles. The van der Waals surface area contributed by atoms with E-state index in [1.807, 2.05) is 0 Å². The van der Waals surface area contributed by atoms with Gasteiger partial charge in [-0.25, -0.2) is 4.90 Å². The van der Waals surface area contributed by atoms with E-state index in [-0.39, 0.29) is 6.23 Å². The van der Waals surface area contributed by atoms with Crippen LogP contribution >= 0.6 is 0 Å². The van der Waals surface area contributed by atoms with E-state index in [1.165, 1.54) is 38.8 Å². The van der Waals surface area contributed by atoms with E-state index in [0.29, 0.717) is 24.3 Å². The first-order valence-corrected chi connectivity index (χ1v) is 9.06. The summed E-state index contributed by atoms with van der Waals surface area (Å²) in [6.45, 7) is 6.40. The normalized spacial score (nSPS) is 44.5. The van der Waals surface area contributed by atoms with E-state index < -0.39 is 0 Å². The Labute approximate surface area is 132 Å². The SMILES string of the molecule is C1C[NH2+]C(C2NC(C3CCC(N4CCOCC4)[NH2+]C3)NO2)C1. The van der Waals surface area contributed by atoms with Gasteiger partial charge in [0.2, 0.25) is 0 Å². The van der Waals surface area contributed by atoms with Crippen LogP contribution in [0.5, 0.6) is 0 Å². The van der Waals surface area contributed by atoms with Crippen LogP contribution in [-0.4, -0.2) is 68.9 Å². The lowest BCUT2D eigenvalue weighted by Crippen LogP contribution is -2.96. The zero-order chi connectivity index (χ0) is 14.8. The van der Waals surface area contributed by atoms with Crippen LogP contribution in [0, 0.1) is 5.92 Å². The first-order chi connectivity index (χ1) is 10.9. The van der Waals surface area contributed by atoms with Crippen LogP contribution in [0.15, 0.2) is 0 Å². The number of quaternary nitrogens is 2. The molecule has 0 saturated carbocycles. The number of piperidine rings is 1. The molecule has 0 bridgehead atoms. The van der Waals surface area contributed by atoms with Crippen LogP contribution < -0.4 is 21.4 Å². The highest BCUT2D eigenvalue weighted by atomic mass is 16.7. The minimum absolute atomic E-state index is 0.185. The molecule has 4 rings (SSSR count). The summed E-state index contributed by atoms with van der Waals surface area (Å²) >= 11 is 0. The Morgan fingerprint density at radius 1 is 1.05 bits per heavy atom. The first-order valence-electron chi connectivity index (χ1n) is 9.06. The van der Waals surface area contributed by atoms with Crippen molar-refractivity contribution in [3.63, 3.8) is 0 Å². The first kappa shape index (κ1) is 15.3. The summed E-state index contributed by atoms with van der Waals surface area (Å²) in [5.41, 5.74) is 3.26. The zero-order valence-corrected chi connectivity index (χ0v) is 13.4. The van der Waals surface area contributed by atoms with Crippen LogP contribution in [0.25, 0.3) is 0 Å². The van der Waals surface area contributed by atoms with Crippen molar-refractivity contribution in [2.45, 2.75) is 50.3 Å². The van der Waals surface area contributed by atoms with Crippen LogP contribution in [-0.2, 0) is 9.57 Å². The summed E-state index contributed by atoms with van der Waals surface area (Å²) in [7, 11) is 0. The second-order valence-corrected chi connectivity index (χ2v) is 7.16. The lowest BCUT2D eigenvalue weighted by molar-refractivity contribution is -0.724. The number of hydrogen-bond acceptors (Lipinski definition) is 5. The van der Waals surface area contributed by atoms with Gasteiger partial charge in [0.1, 0.15) is 12.2 Å². The highest BCUT2D eigenvalue weighted by Crippen LogP contribution is 2.19. The molecule has 4 heterocycles. The summed E-state index contributed by atoms with van der Waals surface area (Å²) in [5, 5.41) is 8.62. The topological polar surface area (TPSA) is 79.0 Å². The Hall–Kier alpha value is -0.280. The van der Waals surface area contributed by atoms with Crippen molar-refractivity contribution in [1.29, 1.82) is 0 Å². The van der Waals surface area contributed by atoms with E-state index in [9.17, 15) is 0 Å². The fraction of sp³-hybridized carbons (Fsp3) is 1.00. The molecule has 4 fully saturated rings. The Morgan fingerprint density at radius 3 is 2.68 bits per heavy atom. The third kappa shape index (κ3) is 3.31. The largest absolute Gasteiger partial charge is 0.379 e. The van der Waals surface area contributed by atoms with Gasteiger partial charge in [-0.1, -0.05) is 0 Å². The number of nitrogens with two attached hydrogens (primary N) is 2. The van der Waals surface area contributed by atoms with Crippen molar-refractivity contribution in [2.75, 3.05) is 39.4 Å². The predicted octanol–water partition coefficient (Wildman–Crippen LogP) is -2.88. The van der Waals surface area contributed by atoms with Gasteiger partial charge in [0.25, 0.3) is 0 Å². The van der Waals surface area contributed by atoms with Crippen LogP contribution in [0.2, 0.25) is 0 Å². The van der Waals surface area contributed by atoms with Crippen LogP contribution in [0.3, 0.4) is 0 Å². The molecular formula is C15H31N5O2+2. The maximum absolute atomic E-state index is 5.81. The second-order valence-electron chi connectivity index (χ2n) is 7.16. The fourth-order valence-electron chi connectivity index (χ4n) is 4.41. The fourth-order valence-corrected chi connectivity index (χ4v) is 4.41. The molecule has 0 aromatic rings. The number of ether oxygens (including phenoxy) is 1. The van der Waals surface area contributed by atoms with Crippen molar-refractivity contribution < 1.29 is 20.2 Å².